The number of likely N-dealkylation sites (tertiary alicyclic amines) is 2. The van der Waals surface area contributed by atoms with Crippen molar-refractivity contribution in [1.82, 2.24) is 15.1 Å². The van der Waals surface area contributed by atoms with Crippen molar-refractivity contribution in [3.63, 3.8) is 0 Å². The Labute approximate surface area is 220 Å². The summed E-state index contributed by atoms with van der Waals surface area (Å²) in [6.07, 6.45) is 3.18. The van der Waals surface area contributed by atoms with Crippen molar-refractivity contribution < 1.29 is 19.5 Å². The summed E-state index contributed by atoms with van der Waals surface area (Å²) in [6.45, 7) is 11.6. The number of hydrogen-bond donors (Lipinski definition) is 2. The average Bonchev–Trinajstić information content (AvgIpc) is 2.84. The molecule has 3 atom stereocenters. The Morgan fingerprint density at radius 1 is 1.14 bits per heavy atom. The third kappa shape index (κ3) is 6.05. The monoisotopic (exact) mass is 519 g/mol. The fraction of sp³-hybridized carbons (Fsp3) is 0.679. The second kappa shape index (κ2) is 11.5. The van der Waals surface area contributed by atoms with Gasteiger partial charge in [0.25, 0.3) is 0 Å². The maximum Gasteiger partial charge on any atom is 0.245 e. The normalized spacial score (nSPS) is 24.9. The smallest absolute Gasteiger partial charge is 0.245 e. The highest BCUT2D eigenvalue weighted by atomic mass is 35.5. The number of carbonyl (C=O) groups excluding carboxylic acids is 3. The quantitative estimate of drug-likeness (QED) is 0.570. The number of hydrogen-bond acceptors (Lipinski definition) is 4. The Morgan fingerprint density at radius 3 is 2.39 bits per heavy atom. The molecule has 1 aromatic carbocycles. The van der Waals surface area contributed by atoms with E-state index in [1.165, 1.54) is 0 Å². The van der Waals surface area contributed by atoms with Crippen molar-refractivity contribution >= 4 is 29.3 Å². The molecule has 1 unspecified atom stereocenters. The largest absolute Gasteiger partial charge is 0.384 e. The van der Waals surface area contributed by atoms with Gasteiger partial charge < -0.3 is 20.2 Å². The van der Waals surface area contributed by atoms with E-state index in [1.54, 1.807) is 21.9 Å². The molecule has 200 valence electrons. The van der Waals surface area contributed by atoms with Crippen molar-refractivity contribution in [2.24, 2.45) is 17.3 Å². The first-order valence-electron chi connectivity index (χ1n) is 13.2. The third-order valence-corrected chi connectivity index (χ3v) is 8.17. The van der Waals surface area contributed by atoms with Crippen molar-refractivity contribution in [1.29, 1.82) is 0 Å². The molecule has 2 heterocycles. The minimum atomic E-state index is -1.10. The number of rotatable bonds is 7. The molecule has 0 saturated carbocycles. The van der Waals surface area contributed by atoms with Crippen LogP contribution in [0.3, 0.4) is 0 Å². The van der Waals surface area contributed by atoms with Gasteiger partial charge in [0.2, 0.25) is 17.7 Å². The summed E-state index contributed by atoms with van der Waals surface area (Å²) in [7, 11) is 0. The van der Waals surface area contributed by atoms with Gasteiger partial charge in [-0.05, 0) is 49.3 Å². The predicted octanol–water partition coefficient (Wildman–Crippen LogP) is 3.97. The van der Waals surface area contributed by atoms with Crippen molar-refractivity contribution in [3.8, 4) is 0 Å². The first-order chi connectivity index (χ1) is 16.9. The molecule has 7 nitrogen and oxygen atoms in total. The van der Waals surface area contributed by atoms with Gasteiger partial charge in [-0.1, -0.05) is 58.4 Å². The number of benzene rings is 1. The molecule has 36 heavy (non-hydrogen) atoms. The number of aliphatic hydroxyl groups is 1. The predicted molar refractivity (Wildman–Crippen MR) is 141 cm³/mol. The minimum Gasteiger partial charge on any atom is -0.384 e. The lowest BCUT2D eigenvalue weighted by atomic mass is 9.66. The lowest BCUT2D eigenvalue weighted by molar-refractivity contribution is -0.157. The van der Waals surface area contributed by atoms with E-state index in [-0.39, 0.29) is 29.6 Å². The van der Waals surface area contributed by atoms with Crippen LogP contribution in [0.4, 0.5) is 0 Å². The molecule has 2 aliphatic heterocycles. The summed E-state index contributed by atoms with van der Waals surface area (Å²) in [5.74, 6) is -0.594. The number of amides is 3. The van der Waals surface area contributed by atoms with E-state index in [0.29, 0.717) is 50.5 Å². The van der Waals surface area contributed by atoms with E-state index in [1.807, 2.05) is 46.8 Å². The summed E-state index contributed by atoms with van der Waals surface area (Å²) in [4.78, 5) is 42.7. The van der Waals surface area contributed by atoms with Gasteiger partial charge in [0.15, 0.2) is 0 Å². The van der Waals surface area contributed by atoms with Crippen LogP contribution < -0.4 is 5.32 Å². The molecule has 2 fully saturated rings. The molecule has 0 bridgehead atoms. The second-order valence-electron chi connectivity index (χ2n) is 11.4. The molecule has 0 spiro atoms. The Morgan fingerprint density at radius 2 is 1.81 bits per heavy atom. The van der Waals surface area contributed by atoms with Crippen LogP contribution in [0.1, 0.15) is 72.3 Å². The first-order valence-corrected chi connectivity index (χ1v) is 13.6. The molecule has 2 N–H and O–H groups in total. The van der Waals surface area contributed by atoms with E-state index < -0.39 is 17.1 Å². The molecule has 3 amide bonds. The third-order valence-electron chi connectivity index (χ3n) is 7.92. The number of nitrogens with one attached hydrogen (secondary N) is 1. The van der Waals surface area contributed by atoms with Gasteiger partial charge >= 0.3 is 0 Å². The zero-order valence-corrected chi connectivity index (χ0v) is 23.1. The van der Waals surface area contributed by atoms with Crippen LogP contribution in [-0.4, -0.2) is 64.8 Å². The second-order valence-corrected chi connectivity index (χ2v) is 11.9. The maximum atomic E-state index is 13.6. The Balaban J connectivity index is 1.68. The van der Waals surface area contributed by atoms with Crippen LogP contribution in [-0.2, 0) is 20.0 Å². The fourth-order valence-electron chi connectivity index (χ4n) is 5.54. The molecule has 0 aliphatic carbocycles. The molecule has 3 rings (SSSR count). The van der Waals surface area contributed by atoms with Gasteiger partial charge in [0, 0.05) is 43.0 Å². The van der Waals surface area contributed by atoms with Crippen LogP contribution >= 0.6 is 11.6 Å². The Bertz CT molecular complexity index is 949. The summed E-state index contributed by atoms with van der Waals surface area (Å²) >= 11 is 6.04. The van der Waals surface area contributed by atoms with Crippen molar-refractivity contribution in [3.05, 3.63) is 34.9 Å². The zero-order chi connectivity index (χ0) is 26.7. The maximum absolute atomic E-state index is 13.6. The van der Waals surface area contributed by atoms with Crippen molar-refractivity contribution in [2.45, 2.75) is 78.4 Å². The van der Waals surface area contributed by atoms with Gasteiger partial charge in [0.1, 0.15) is 6.04 Å². The van der Waals surface area contributed by atoms with Gasteiger partial charge in [-0.3, -0.25) is 14.4 Å². The molecular weight excluding hydrogens is 478 g/mol. The SMILES string of the molecule is CCCC(=O)N1CCCC(C(=O)N[C@@H](C(=O)N2CC[C@](O)(c3ccc(Cl)cc3)C(C)(C)C2)C(C)C)C1. The summed E-state index contributed by atoms with van der Waals surface area (Å²) in [5, 5.41) is 15.3. The molecule has 0 radical (unpaired) electrons. The molecule has 2 aliphatic rings. The van der Waals surface area contributed by atoms with E-state index in [0.717, 1.165) is 18.4 Å². The van der Waals surface area contributed by atoms with Gasteiger partial charge in [-0.25, -0.2) is 0 Å². The minimum absolute atomic E-state index is 0.0928. The lowest BCUT2D eigenvalue weighted by Crippen LogP contribution is -2.61. The molecule has 2 saturated heterocycles. The van der Waals surface area contributed by atoms with E-state index in [2.05, 4.69) is 5.32 Å². The fourth-order valence-corrected chi connectivity index (χ4v) is 5.67. The van der Waals surface area contributed by atoms with Gasteiger partial charge in [-0.15, -0.1) is 0 Å². The summed E-state index contributed by atoms with van der Waals surface area (Å²) in [6, 6.07) is 6.58. The lowest BCUT2D eigenvalue weighted by Gasteiger charge is -2.51. The number of carbonyl (C=O) groups is 3. The summed E-state index contributed by atoms with van der Waals surface area (Å²) < 4.78 is 0. The highest BCUT2D eigenvalue weighted by Gasteiger charge is 2.50. The Kier molecular flexibility index (Phi) is 9.10. The molecule has 1 aromatic rings. The van der Waals surface area contributed by atoms with Crippen LogP contribution in [0.2, 0.25) is 5.02 Å². The average molecular weight is 520 g/mol. The van der Waals surface area contributed by atoms with Crippen LogP contribution in [0.5, 0.6) is 0 Å². The highest BCUT2D eigenvalue weighted by molar-refractivity contribution is 6.30. The molecule has 0 aromatic heterocycles. The van der Waals surface area contributed by atoms with E-state index >= 15 is 0 Å². The van der Waals surface area contributed by atoms with Crippen molar-refractivity contribution in [2.75, 3.05) is 26.2 Å². The van der Waals surface area contributed by atoms with Gasteiger partial charge in [0.05, 0.1) is 11.5 Å². The zero-order valence-electron chi connectivity index (χ0n) is 22.3. The number of halogens is 1. The standard InChI is InChI=1S/C28H42ClN3O4/c1-6-8-23(33)31-15-7-9-20(17-31)25(34)30-24(19(2)3)26(35)32-16-14-28(36,27(4,5)18-32)21-10-12-22(29)13-11-21/h10-13,19-20,24,36H,6-9,14-18H2,1-5H3,(H,30,34)/t20?,24-,28+/m1/s1. The van der Waals surface area contributed by atoms with E-state index in [4.69, 9.17) is 11.6 Å². The number of nitrogens with zero attached hydrogens (tertiary/aromatic N) is 2. The topological polar surface area (TPSA) is 90.0 Å². The first kappa shape index (κ1) is 28.5. The summed E-state index contributed by atoms with van der Waals surface area (Å²) in [5.41, 5.74) is -0.914. The Hall–Kier alpha value is -2.12. The molecule has 8 heteroatoms. The van der Waals surface area contributed by atoms with Crippen LogP contribution in [0, 0.1) is 17.3 Å². The van der Waals surface area contributed by atoms with Gasteiger partial charge in [-0.2, -0.15) is 0 Å². The van der Waals surface area contributed by atoms with Crippen LogP contribution in [0.15, 0.2) is 24.3 Å². The molecular formula is C28H42ClN3O4. The highest BCUT2D eigenvalue weighted by Crippen LogP contribution is 2.46. The van der Waals surface area contributed by atoms with Crippen LogP contribution in [0.25, 0.3) is 0 Å². The van der Waals surface area contributed by atoms with E-state index in [9.17, 15) is 19.5 Å². The number of piperidine rings is 2.